The minimum absolute atomic E-state index is 0.255. The average molecular weight is 269 g/mol. The maximum atomic E-state index is 4.74. The van der Waals surface area contributed by atoms with E-state index in [9.17, 15) is 0 Å². The molecule has 2 aromatic rings. The highest BCUT2D eigenvalue weighted by molar-refractivity contribution is 8.14. The first-order valence-electron chi connectivity index (χ1n) is 6.26. The topological polar surface area (TPSA) is 37.3 Å². The second-order valence-electron chi connectivity index (χ2n) is 4.49. The van der Waals surface area contributed by atoms with Gasteiger partial charge >= 0.3 is 0 Å². The van der Waals surface area contributed by atoms with Gasteiger partial charge in [0.1, 0.15) is 0 Å². The van der Waals surface area contributed by atoms with E-state index in [1.807, 2.05) is 18.3 Å². The molecular formula is C15H15N3S. The standard InChI is InChI=1S/C15H15N3S/c1-11-7-8-16-9-13(11)17-15-18-14(10-19-15)12-5-3-2-4-6-12/h2-9,14H,10H2,1H3,(H,17,18). The summed E-state index contributed by atoms with van der Waals surface area (Å²) in [5.74, 6) is 0.992. The zero-order chi connectivity index (χ0) is 13.1. The number of anilines is 1. The molecule has 1 N–H and O–H groups in total. The van der Waals surface area contributed by atoms with Crippen molar-refractivity contribution in [2.75, 3.05) is 11.1 Å². The highest BCUT2D eigenvalue weighted by Crippen LogP contribution is 2.30. The molecule has 1 aromatic heterocycles. The molecule has 0 bridgehead atoms. The van der Waals surface area contributed by atoms with E-state index >= 15 is 0 Å². The molecule has 0 spiro atoms. The lowest BCUT2D eigenvalue weighted by molar-refractivity contribution is 0.849. The number of aliphatic imine (C=N–C) groups is 1. The molecule has 1 unspecified atom stereocenters. The number of nitrogens with one attached hydrogen (secondary N) is 1. The first kappa shape index (κ1) is 12.2. The van der Waals surface area contributed by atoms with Crippen LogP contribution in [0.4, 0.5) is 5.69 Å². The largest absolute Gasteiger partial charge is 0.333 e. The summed E-state index contributed by atoms with van der Waals surface area (Å²) in [6, 6.07) is 12.7. The number of hydrogen-bond donors (Lipinski definition) is 1. The average Bonchev–Trinajstić information content (AvgIpc) is 2.91. The van der Waals surface area contributed by atoms with Gasteiger partial charge in [-0.1, -0.05) is 42.1 Å². The molecule has 2 heterocycles. The molecule has 0 amide bonds. The van der Waals surface area contributed by atoms with E-state index in [2.05, 4.69) is 41.5 Å². The van der Waals surface area contributed by atoms with Gasteiger partial charge in [0.2, 0.25) is 0 Å². The molecular weight excluding hydrogens is 254 g/mol. The van der Waals surface area contributed by atoms with Crippen LogP contribution in [-0.4, -0.2) is 15.9 Å². The maximum Gasteiger partial charge on any atom is 0.161 e. The van der Waals surface area contributed by atoms with Crippen LogP contribution in [0, 0.1) is 6.92 Å². The minimum atomic E-state index is 0.255. The zero-order valence-electron chi connectivity index (χ0n) is 10.7. The van der Waals surface area contributed by atoms with E-state index < -0.39 is 0 Å². The number of benzene rings is 1. The number of thioether (sulfide) groups is 1. The van der Waals surface area contributed by atoms with E-state index in [1.54, 1.807) is 18.0 Å². The quantitative estimate of drug-likeness (QED) is 0.904. The summed E-state index contributed by atoms with van der Waals surface area (Å²) in [5, 5.41) is 4.34. The Morgan fingerprint density at radius 2 is 2.05 bits per heavy atom. The second kappa shape index (κ2) is 5.45. The monoisotopic (exact) mass is 269 g/mol. The van der Waals surface area contributed by atoms with Crippen LogP contribution in [0.3, 0.4) is 0 Å². The molecule has 0 saturated carbocycles. The van der Waals surface area contributed by atoms with Crippen LogP contribution in [0.5, 0.6) is 0 Å². The molecule has 0 fully saturated rings. The summed E-state index contributed by atoms with van der Waals surface area (Å²) in [6.07, 6.45) is 3.64. The van der Waals surface area contributed by atoms with Crippen molar-refractivity contribution in [3.63, 3.8) is 0 Å². The van der Waals surface area contributed by atoms with Crippen LogP contribution >= 0.6 is 11.8 Å². The fraction of sp³-hybridized carbons (Fsp3) is 0.200. The van der Waals surface area contributed by atoms with Crippen molar-refractivity contribution in [2.24, 2.45) is 4.99 Å². The molecule has 1 aliphatic rings. The predicted octanol–water partition coefficient (Wildman–Crippen LogP) is 3.65. The summed E-state index contributed by atoms with van der Waals surface area (Å²) in [6.45, 7) is 2.07. The van der Waals surface area contributed by atoms with E-state index in [-0.39, 0.29) is 6.04 Å². The van der Waals surface area contributed by atoms with Crippen LogP contribution in [0.25, 0.3) is 0 Å². The van der Waals surface area contributed by atoms with Crippen molar-refractivity contribution < 1.29 is 0 Å². The summed E-state index contributed by atoms with van der Waals surface area (Å²) in [4.78, 5) is 8.87. The molecule has 0 aliphatic carbocycles. The number of nitrogens with zero attached hydrogens (tertiary/aromatic N) is 2. The molecule has 19 heavy (non-hydrogen) atoms. The first-order valence-corrected chi connectivity index (χ1v) is 7.24. The third-order valence-corrected chi connectivity index (χ3v) is 4.08. The molecule has 0 radical (unpaired) electrons. The number of aryl methyl sites for hydroxylation is 1. The van der Waals surface area contributed by atoms with Crippen molar-refractivity contribution in [3.05, 3.63) is 59.9 Å². The second-order valence-corrected chi connectivity index (χ2v) is 5.50. The van der Waals surface area contributed by atoms with Gasteiger partial charge in [-0.15, -0.1) is 0 Å². The molecule has 3 rings (SSSR count). The SMILES string of the molecule is Cc1ccncc1NC1=NC(c2ccccc2)CS1. The minimum Gasteiger partial charge on any atom is -0.333 e. The van der Waals surface area contributed by atoms with Crippen LogP contribution in [-0.2, 0) is 0 Å². The van der Waals surface area contributed by atoms with Crippen LogP contribution in [0.2, 0.25) is 0 Å². The Morgan fingerprint density at radius 3 is 2.84 bits per heavy atom. The van der Waals surface area contributed by atoms with Crippen molar-refractivity contribution >= 4 is 22.6 Å². The van der Waals surface area contributed by atoms with Crippen molar-refractivity contribution in [2.45, 2.75) is 13.0 Å². The lowest BCUT2D eigenvalue weighted by Crippen LogP contribution is -2.06. The fourth-order valence-electron chi connectivity index (χ4n) is 2.00. The number of pyridine rings is 1. The maximum absolute atomic E-state index is 4.74. The molecule has 0 saturated heterocycles. The Bertz CT molecular complexity index is 595. The Balaban J connectivity index is 1.76. The molecule has 1 aromatic carbocycles. The van der Waals surface area contributed by atoms with Crippen LogP contribution in [0.1, 0.15) is 17.2 Å². The highest BCUT2D eigenvalue weighted by atomic mass is 32.2. The fourth-order valence-corrected chi connectivity index (χ4v) is 2.96. The molecule has 1 aliphatic heterocycles. The normalized spacial score (nSPS) is 18.2. The Labute approximate surface area is 117 Å². The number of aromatic nitrogens is 1. The van der Waals surface area contributed by atoms with Crippen LogP contribution < -0.4 is 5.32 Å². The molecule has 96 valence electrons. The summed E-state index contributed by atoms with van der Waals surface area (Å²) >= 11 is 1.76. The number of rotatable bonds is 2. The van der Waals surface area contributed by atoms with Gasteiger partial charge in [-0.2, -0.15) is 0 Å². The van der Waals surface area contributed by atoms with E-state index in [0.29, 0.717) is 0 Å². The summed E-state index contributed by atoms with van der Waals surface area (Å²) in [7, 11) is 0. The third kappa shape index (κ3) is 2.79. The molecule has 3 nitrogen and oxygen atoms in total. The van der Waals surface area contributed by atoms with Crippen molar-refractivity contribution in [1.82, 2.24) is 4.98 Å². The van der Waals surface area contributed by atoms with E-state index in [1.165, 1.54) is 11.1 Å². The lowest BCUT2D eigenvalue weighted by Gasteiger charge is -2.07. The summed E-state index contributed by atoms with van der Waals surface area (Å²) in [5.41, 5.74) is 3.48. The van der Waals surface area contributed by atoms with Crippen LogP contribution in [0.15, 0.2) is 53.8 Å². The smallest absolute Gasteiger partial charge is 0.161 e. The van der Waals surface area contributed by atoms with Gasteiger partial charge < -0.3 is 5.32 Å². The third-order valence-electron chi connectivity index (χ3n) is 3.12. The number of hydrogen-bond acceptors (Lipinski definition) is 4. The Hall–Kier alpha value is -1.81. The van der Waals surface area contributed by atoms with Gasteiger partial charge in [0.15, 0.2) is 5.17 Å². The predicted molar refractivity (Wildman–Crippen MR) is 81.7 cm³/mol. The van der Waals surface area contributed by atoms with Gasteiger partial charge in [0.05, 0.1) is 17.9 Å². The van der Waals surface area contributed by atoms with Gasteiger partial charge in [-0.3, -0.25) is 9.98 Å². The highest BCUT2D eigenvalue weighted by Gasteiger charge is 2.20. The Kier molecular flexibility index (Phi) is 3.51. The lowest BCUT2D eigenvalue weighted by atomic mass is 10.1. The van der Waals surface area contributed by atoms with Gasteiger partial charge in [0, 0.05) is 11.9 Å². The first-order chi connectivity index (χ1) is 9.33. The Morgan fingerprint density at radius 1 is 1.21 bits per heavy atom. The van der Waals surface area contributed by atoms with Crippen molar-refractivity contribution in [3.8, 4) is 0 Å². The van der Waals surface area contributed by atoms with E-state index in [4.69, 9.17) is 4.99 Å². The van der Waals surface area contributed by atoms with Crippen molar-refractivity contribution in [1.29, 1.82) is 0 Å². The summed E-state index contributed by atoms with van der Waals surface area (Å²) < 4.78 is 0. The zero-order valence-corrected chi connectivity index (χ0v) is 11.5. The molecule has 1 atom stereocenters. The van der Waals surface area contributed by atoms with Gasteiger partial charge in [-0.05, 0) is 24.1 Å². The molecule has 4 heteroatoms. The van der Waals surface area contributed by atoms with E-state index in [0.717, 1.165) is 16.6 Å². The number of amidine groups is 1. The van der Waals surface area contributed by atoms with Gasteiger partial charge in [-0.25, -0.2) is 0 Å². The van der Waals surface area contributed by atoms with Gasteiger partial charge in [0.25, 0.3) is 0 Å².